The van der Waals surface area contributed by atoms with Crippen molar-refractivity contribution in [2.75, 3.05) is 18.8 Å². The van der Waals surface area contributed by atoms with Crippen LogP contribution >= 0.6 is 11.8 Å². The van der Waals surface area contributed by atoms with Crippen molar-refractivity contribution >= 4 is 11.8 Å². The summed E-state index contributed by atoms with van der Waals surface area (Å²) < 4.78 is 0. The third-order valence-corrected chi connectivity index (χ3v) is 3.96. The first-order valence-corrected chi connectivity index (χ1v) is 6.91. The van der Waals surface area contributed by atoms with Crippen LogP contribution < -0.4 is 5.32 Å². The van der Waals surface area contributed by atoms with Gasteiger partial charge < -0.3 is 5.32 Å². The van der Waals surface area contributed by atoms with Gasteiger partial charge in [-0.3, -0.25) is 0 Å². The summed E-state index contributed by atoms with van der Waals surface area (Å²) in [6.45, 7) is 13.8. The zero-order valence-corrected chi connectivity index (χ0v) is 11.3. The van der Waals surface area contributed by atoms with Gasteiger partial charge in [0.1, 0.15) is 0 Å². The van der Waals surface area contributed by atoms with Crippen LogP contribution in [-0.4, -0.2) is 24.1 Å². The molecule has 1 N–H and O–H groups in total. The molecule has 1 nitrogen and oxygen atoms in total. The monoisotopic (exact) mass is 217 g/mol. The molecule has 0 saturated carbocycles. The first-order chi connectivity index (χ1) is 6.54. The van der Waals surface area contributed by atoms with Crippen LogP contribution in [0.4, 0.5) is 0 Å². The zero-order chi connectivity index (χ0) is 11.0. The summed E-state index contributed by atoms with van der Waals surface area (Å²) in [7, 11) is 0. The highest BCUT2D eigenvalue weighted by Crippen LogP contribution is 2.18. The Labute approximate surface area is 94.4 Å². The largest absolute Gasteiger partial charge is 0.316 e. The van der Waals surface area contributed by atoms with Crippen molar-refractivity contribution in [3.63, 3.8) is 0 Å². The average molecular weight is 217 g/mol. The molecule has 2 heteroatoms. The molecule has 0 rings (SSSR count). The Balaban J connectivity index is 3.13. The first-order valence-electron chi connectivity index (χ1n) is 5.86. The van der Waals surface area contributed by atoms with Crippen molar-refractivity contribution in [3.05, 3.63) is 0 Å². The van der Waals surface area contributed by atoms with Crippen LogP contribution in [0.2, 0.25) is 0 Å². The maximum atomic E-state index is 3.47. The van der Waals surface area contributed by atoms with E-state index in [0.717, 1.165) is 23.6 Å². The first kappa shape index (κ1) is 14.3. The van der Waals surface area contributed by atoms with Crippen LogP contribution in [0.25, 0.3) is 0 Å². The molecule has 0 saturated heterocycles. The normalized spacial score (nSPS) is 13.9. The Hall–Kier alpha value is 0.310. The summed E-state index contributed by atoms with van der Waals surface area (Å²) in [5.74, 6) is 2.88. The molecule has 0 aromatic rings. The van der Waals surface area contributed by atoms with E-state index < -0.39 is 0 Å². The fraction of sp³-hybridized carbons (Fsp3) is 1.00. The van der Waals surface area contributed by atoms with Crippen LogP contribution in [0.1, 0.15) is 41.0 Å². The molecule has 0 aromatic carbocycles. The van der Waals surface area contributed by atoms with Gasteiger partial charge >= 0.3 is 0 Å². The van der Waals surface area contributed by atoms with E-state index in [1.807, 2.05) is 0 Å². The Morgan fingerprint density at radius 2 is 1.71 bits per heavy atom. The third-order valence-electron chi connectivity index (χ3n) is 2.37. The molecule has 1 atom stereocenters. The standard InChI is InChI=1S/C12H27NS/c1-10(2)9-13-7-6-8-14-12(5)11(3)4/h10-13H,6-9H2,1-5H3. The molecule has 0 aliphatic heterocycles. The van der Waals surface area contributed by atoms with E-state index >= 15 is 0 Å². The molecule has 0 heterocycles. The minimum atomic E-state index is 0.775. The van der Waals surface area contributed by atoms with Crippen LogP contribution in [-0.2, 0) is 0 Å². The Morgan fingerprint density at radius 1 is 1.07 bits per heavy atom. The average Bonchev–Trinajstić information content (AvgIpc) is 2.09. The molecule has 0 fully saturated rings. The highest BCUT2D eigenvalue weighted by Gasteiger charge is 2.06. The molecule has 0 aliphatic rings. The van der Waals surface area contributed by atoms with Crippen LogP contribution in [0, 0.1) is 11.8 Å². The van der Waals surface area contributed by atoms with Crippen molar-refractivity contribution in [1.29, 1.82) is 0 Å². The Kier molecular flexibility index (Phi) is 8.80. The Morgan fingerprint density at radius 3 is 2.21 bits per heavy atom. The van der Waals surface area contributed by atoms with E-state index in [1.165, 1.54) is 18.7 Å². The lowest BCUT2D eigenvalue weighted by Crippen LogP contribution is -2.21. The fourth-order valence-electron chi connectivity index (χ4n) is 1.05. The number of hydrogen-bond acceptors (Lipinski definition) is 2. The van der Waals surface area contributed by atoms with Crippen molar-refractivity contribution < 1.29 is 0 Å². The molecular weight excluding hydrogens is 190 g/mol. The lowest BCUT2D eigenvalue weighted by molar-refractivity contribution is 0.551. The van der Waals surface area contributed by atoms with E-state index in [9.17, 15) is 0 Å². The van der Waals surface area contributed by atoms with Gasteiger partial charge in [-0.25, -0.2) is 0 Å². The van der Waals surface area contributed by atoms with Crippen molar-refractivity contribution in [2.45, 2.75) is 46.3 Å². The lowest BCUT2D eigenvalue weighted by atomic mass is 10.2. The van der Waals surface area contributed by atoms with Gasteiger partial charge in [0.05, 0.1) is 0 Å². The minimum absolute atomic E-state index is 0.775. The fourth-order valence-corrected chi connectivity index (χ4v) is 2.12. The number of hydrogen-bond donors (Lipinski definition) is 1. The molecule has 0 bridgehead atoms. The van der Waals surface area contributed by atoms with Crippen LogP contribution in [0.3, 0.4) is 0 Å². The van der Waals surface area contributed by atoms with Crippen molar-refractivity contribution in [2.24, 2.45) is 11.8 Å². The van der Waals surface area contributed by atoms with Crippen LogP contribution in [0.5, 0.6) is 0 Å². The summed E-state index contributed by atoms with van der Waals surface area (Å²) >= 11 is 2.10. The van der Waals surface area contributed by atoms with Gasteiger partial charge in [-0.15, -0.1) is 0 Å². The van der Waals surface area contributed by atoms with Gasteiger partial charge in [-0.2, -0.15) is 11.8 Å². The second-order valence-corrected chi connectivity index (χ2v) is 6.26. The molecule has 86 valence electrons. The molecular formula is C12H27NS. The quantitative estimate of drug-likeness (QED) is 0.625. The van der Waals surface area contributed by atoms with E-state index in [2.05, 4.69) is 51.7 Å². The van der Waals surface area contributed by atoms with Gasteiger partial charge in [-0.1, -0.05) is 34.6 Å². The van der Waals surface area contributed by atoms with E-state index in [-0.39, 0.29) is 0 Å². The highest BCUT2D eigenvalue weighted by atomic mass is 32.2. The Bertz CT molecular complexity index is 123. The smallest absolute Gasteiger partial charge is 0.00417 e. The number of nitrogens with one attached hydrogen (secondary N) is 1. The number of rotatable bonds is 8. The maximum absolute atomic E-state index is 3.47. The summed E-state index contributed by atoms with van der Waals surface area (Å²) in [5.41, 5.74) is 0. The van der Waals surface area contributed by atoms with Crippen LogP contribution in [0.15, 0.2) is 0 Å². The van der Waals surface area contributed by atoms with E-state index in [0.29, 0.717) is 0 Å². The molecule has 0 aliphatic carbocycles. The molecule has 0 amide bonds. The maximum Gasteiger partial charge on any atom is 0.00417 e. The third kappa shape index (κ3) is 8.89. The van der Waals surface area contributed by atoms with Crippen molar-refractivity contribution in [1.82, 2.24) is 5.32 Å². The lowest BCUT2D eigenvalue weighted by Gasteiger charge is -2.14. The molecule has 1 unspecified atom stereocenters. The summed E-state index contributed by atoms with van der Waals surface area (Å²) in [4.78, 5) is 0. The summed E-state index contributed by atoms with van der Waals surface area (Å²) in [5, 5.41) is 4.28. The predicted molar refractivity (Wildman–Crippen MR) is 69.1 cm³/mol. The number of thioether (sulfide) groups is 1. The van der Waals surface area contributed by atoms with E-state index in [1.54, 1.807) is 0 Å². The molecule has 0 spiro atoms. The van der Waals surface area contributed by atoms with Gasteiger partial charge in [0.15, 0.2) is 0 Å². The SMILES string of the molecule is CC(C)CNCCCSC(C)C(C)C. The van der Waals surface area contributed by atoms with Crippen molar-refractivity contribution in [3.8, 4) is 0 Å². The second-order valence-electron chi connectivity index (χ2n) is 4.77. The molecule has 0 radical (unpaired) electrons. The highest BCUT2D eigenvalue weighted by molar-refractivity contribution is 7.99. The van der Waals surface area contributed by atoms with Gasteiger partial charge in [-0.05, 0) is 37.1 Å². The molecule has 0 aromatic heterocycles. The predicted octanol–water partition coefficient (Wildman–Crippen LogP) is 3.40. The minimum Gasteiger partial charge on any atom is -0.316 e. The molecule has 14 heavy (non-hydrogen) atoms. The van der Waals surface area contributed by atoms with E-state index in [4.69, 9.17) is 0 Å². The zero-order valence-electron chi connectivity index (χ0n) is 10.5. The van der Waals surface area contributed by atoms with Gasteiger partial charge in [0, 0.05) is 5.25 Å². The second kappa shape index (κ2) is 8.60. The summed E-state index contributed by atoms with van der Waals surface area (Å²) in [6.07, 6.45) is 1.30. The van der Waals surface area contributed by atoms with Gasteiger partial charge in [0.25, 0.3) is 0 Å². The topological polar surface area (TPSA) is 12.0 Å². The van der Waals surface area contributed by atoms with Gasteiger partial charge in [0.2, 0.25) is 0 Å². The summed E-state index contributed by atoms with van der Waals surface area (Å²) in [6, 6.07) is 0.